The Balaban J connectivity index is 2.16. The number of unbranched alkanes of at least 4 members (excludes halogenated alkanes) is 3. The fourth-order valence-corrected chi connectivity index (χ4v) is 2.04. The molecule has 1 unspecified atom stereocenters. The second-order valence-corrected chi connectivity index (χ2v) is 4.64. The molecule has 0 fully saturated rings. The van der Waals surface area contributed by atoms with E-state index in [2.05, 4.69) is 44.2 Å². The monoisotopic (exact) mass is 202 g/mol. The van der Waals surface area contributed by atoms with Gasteiger partial charge in [-0.25, -0.2) is 0 Å². The molecule has 1 rings (SSSR count). The van der Waals surface area contributed by atoms with Gasteiger partial charge in [-0.2, -0.15) is 0 Å². The summed E-state index contributed by atoms with van der Waals surface area (Å²) in [6.45, 7) is 4.65. The van der Waals surface area contributed by atoms with Crippen LogP contribution in [0.5, 0.6) is 0 Å². The summed E-state index contributed by atoms with van der Waals surface area (Å²) >= 11 is 0. The van der Waals surface area contributed by atoms with Crippen LogP contribution in [-0.2, 0) is 0 Å². The van der Waals surface area contributed by atoms with Crippen molar-refractivity contribution < 1.29 is 0 Å². The first-order valence-electron chi connectivity index (χ1n) is 6.37. The summed E-state index contributed by atoms with van der Waals surface area (Å²) in [5.74, 6) is 0.837. The Bertz CT molecular complexity index is 243. The molecule has 0 bridgehead atoms. The van der Waals surface area contributed by atoms with Crippen molar-refractivity contribution in [3.63, 3.8) is 0 Å². The summed E-state index contributed by atoms with van der Waals surface area (Å²) in [5.41, 5.74) is 1.49. The van der Waals surface area contributed by atoms with Crippen molar-refractivity contribution in [2.45, 2.75) is 51.8 Å². The molecule has 0 nitrogen and oxygen atoms in total. The van der Waals surface area contributed by atoms with Crippen molar-refractivity contribution in [1.29, 1.82) is 0 Å². The average molecular weight is 202 g/mol. The second kappa shape index (κ2) is 7.56. The molecular weight excluding hydrogens is 179 g/mol. The zero-order valence-electron chi connectivity index (χ0n) is 10.2. The van der Waals surface area contributed by atoms with E-state index in [1.54, 1.807) is 0 Å². The zero-order chi connectivity index (χ0) is 10.9. The SMILES string of the molecule is CCCCCCC(C)Bc1ccccc1. The van der Waals surface area contributed by atoms with E-state index in [0.29, 0.717) is 0 Å². The molecule has 82 valence electrons. The van der Waals surface area contributed by atoms with Crippen LogP contribution in [0.4, 0.5) is 0 Å². The van der Waals surface area contributed by atoms with Crippen molar-refractivity contribution in [1.82, 2.24) is 0 Å². The summed E-state index contributed by atoms with van der Waals surface area (Å²) in [4.78, 5) is 0. The third kappa shape index (κ3) is 5.66. The van der Waals surface area contributed by atoms with E-state index in [1.165, 1.54) is 44.8 Å². The van der Waals surface area contributed by atoms with Gasteiger partial charge in [-0.05, 0) is 0 Å². The Hall–Kier alpha value is -0.715. The molecule has 0 aromatic heterocycles. The lowest BCUT2D eigenvalue weighted by atomic mass is 9.58. The first-order valence-corrected chi connectivity index (χ1v) is 6.37. The maximum atomic E-state index is 2.37. The van der Waals surface area contributed by atoms with Crippen LogP contribution >= 0.6 is 0 Å². The van der Waals surface area contributed by atoms with Gasteiger partial charge in [0.15, 0.2) is 7.28 Å². The summed E-state index contributed by atoms with van der Waals surface area (Å²) in [5, 5.41) is 0. The maximum Gasteiger partial charge on any atom is 0.160 e. The molecule has 0 heterocycles. The van der Waals surface area contributed by atoms with E-state index in [1.807, 2.05) is 0 Å². The van der Waals surface area contributed by atoms with Crippen molar-refractivity contribution in [2.75, 3.05) is 0 Å². The minimum atomic E-state index is 0.837. The molecule has 0 amide bonds. The molecule has 0 aliphatic carbocycles. The highest BCUT2D eigenvalue weighted by Gasteiger charge is 2.04. The van der Waals surface area contributed by atoms with Crippen LogP contribution in [0.15, 0.2) is 30.3 Å². The quantitative estimate of drug-likeness (QED) is 0.468. The number of benzene rings is 1. The topological polar surface area (TPSA) is 0 Å². The molecule has 0 aliphatic heterocycles. The maximum absolute atomic E-state index is 2.37. The number of rotatable bonds is 7. The Morgan fingerprint density at radius 3 is 2.47 bits per heavy atom. The van der Waals surface area contributed by atoms with Crippen LogP contribution in [0.25, 0.3) is 0 Å². The summed E-state index contributed by atoms with van der Waals surface area (Å²) in [6.07, 6.45) is 6.94. The molecule has 15 heavy (non-hydrogen) atoms. The van der Waals surface area contributed by atoms with E-state index >= 15 is 0 Å². The Morgan fingerprint density at radius 2 is 1.80 bits per heavy atom. The molecule has 1 aromatic rings. The summed E-state index contributed by atoms with van der Waals surface area (Å²) in [6, 6.07) is 10.8. The largest absolute Gasteiger partial charge is 0.160 e. The molecule has 1 atom stereocenters. The highest BCUT2D eigenvalue weighted by Crippen LogP contribution is 2.13. The van der Waals surface area contributed by atoms with Gasteiger partial charge in [0.1, 0.15) is 0 Å². The predicted octanol–water partition coefficient (Wildman–Crippen LogP) is 3.53. The van der Waals surface area contributed by atoms with Crippen molar-refractivity contribution >= 4 is 12.7 Å². The summed E-state index contributed by atoms with van der Waals surface area (Å²) in [7, 11) is 1.24. The van der Waals surface area contributed by atoms with Crippen molar-refractivity contribution in [3.8, 4) is 0 Å². The van der Waals surface area contributed by atoms with Gasteiger partial charge >= 0.3 is 0 Å². The van der Waals surface area contributed by atoms with Crippen LogP contribution in [0.1, 0.15) is 46.0 Å². The molecule has 1 heteroatoms. The molecule has 0 saturated heterocycles. The Morgan fingerprint density at radius 1 is 1.07 bits per heavy atom. The van der Waals surface area contributed by atoms with Gasteiger partial charge in [0.25, 0.3) is 0 Å². The van der Waals surface area contributed by atoms with Gasteiger partial charge in [0.2, 0.25) is 0 Å². The molecule has 0 spiro atoms. The van der Waals surface area contributed by atoms with Crippen LogP contribution in [0, 0.1) is 0 Å². The van der Waals surface area contributed by atoms with Gasteiger partial charge in [-0.3, -0.25) is 0 Å². The van der Waals surface area contributed by atoms with E-state index in [9.17, 15) is 0 Å². The lowest BCUT2D eigenvalue weighted by Crippen LogP contribution is -2.17. The third-order valence-corrected chi connectivity index (χ3v) is 2.98. The van der Waals surface area contributed by atoms with Crippen molar-refractivity contribution in [2.24, 2.45) is 0 Å². The fraction of sp³-hybridized carbons (Fsp3) is 0.571. The zero-order valence-corrected chi connectivity index (χ0v) is 10.2. The lowest BCUT2D eigenvalue weighted by Gasteiger charge is -2.09. The van der Waals surface area contributed by atoms with Crippen LogP contribution in [0.2, 0.25) is 5.82 Å². The van der Waals surface area contributed by atoms with E-state index < -0.39 is 0 Å². The van der Waals surface area contributed by atoms with Gasteiger partial charge in [0, 0.05) is 0 Å². The van der Waals surface area contributed by atoms with E-state index in [0.717, 1.165) is 5.82 Å². The smallest absolute Gasteiger partial charge is 0.0842 e. The van der Waals surface area contributed by atoms with E-state index in [4.69, 9.17) is 0 Å². The summed E-state index contributed by atoms with van der Waals surface area (Å²) < 4.78 is 0. The van der Waals surface area contributed by atoms with Gasteiger partial charge in [0.05, 0.1) is 0 Å². The minimum Gasteiger partial charge on any atom is -0.0842 e. The first kappa shape index (κ1) is 12.4. The van der Waals surface area contributed by atoms with Gasteiger partial charge in [-0.1, -0.05) is 87.6 Å². The van der Waals surface area contributed by atoms with Crippen LogP contribution < -0.4 is 5.46 Å². The normalized spacial score (nSPS) is 12.4. The fourth-order valence-electron chi connectivity index (χ4n) is 2.04. The first-order chi connectivity index (χ1) is 7.33. The number of hydrogen-bond acceptors (Lipinski definition) is 0. The standard InChI is InChI=1S/C14H23B/c1-3-4-5-7-10-13(2)15-14-11-8-6-9-12-14/h6,8-9,11-13,15H,3-5,7,10H2,1-2H3. The highest BCUT2D eigenvalue weighted by atomic mass is 14.0. The molecular formula is C14H23B. The van der Waals surface area contributed by atoms with Crippen molar-refractivity contribution in [3.05, 3.63) is 30.3 Å². The second-order valence-electron chi connectivity index (χ2n) is 4.64. The van der Waals surface area contributed by atoms with Gasteiger partial charge < -0.3 is 0 Å². The van der Waals surface area contributed by atoms with Crippen LogP contribution in [-0.4, -0.2) is 7.28 Å². The third-order valence-electron chi connectivity index (χ3n) is 2.98. The molecule has 0 radical (unpaired) electrons. The highest BCUT2D eigenvalue weighted by molar-refractivity contribution is 6.54. The Labute approximate surface area is 95.3 Å². The molecule has 0 N–H and O–H groups in total. The van der Waals surface area contributed by atoms with E-state index in [-0.39, 0.29) is 0 Å². The average Bonchev–Trinajstić information content (AvgIpc) is 2.26. The number of hydrogen-bond donors (Lipinski definition) is 0. The van der Waals surface area contributed by atoms with Gasteiger partial charge in [-0.15, -0.1) is 0 Å². The predicted molar refractivity (Wildman–Crippen MR) is 71.4 cm³/mol. The lowest BCUT2D eigenvalue weighted by molar-refractivity contribution is 0.623. The Kier molecular flexibility index (Phi) is 6.23. The molecule has 0 saturated carbocycles. The molecule has 1 aromatic carbocycles. The van der Waals surface area contributed by atoms with Crippen LogP contribution in [0.3, 0.4) is 0 Å². The molecule has 0 aliphatic rings. The minimum absolute atomic E-state index is 0.837.